The van der Waals surface area contributed by atoms with Crippen molar-refractivity contribution in [2.45, 2.75) is 32.7 Å². The predicted molar refractivity (Wildman–Crippen MR) is 75.8 cm³/mol. The van der Waals surface area contributed by atoms with Crippen molar-refractivity contribution in [1.29, 1.82) is 0 Å². The summed E-state index contributed by atoms with van der Waals surface area (Å²) in [5.74, 6) is 0.832. The van der Waals surface area contributed by atoms with E-state index in [9.17, 15) is 10.1 Å². The van der Waals surface area contributed by atoms with Crippen LogP contribution in [0.4, 0.5) is 11.4 Å². The number of hydrogen-bond donors (Lipinski definition) is 1. The molecule has 2 rings (SSSR count). The molecule has 0 atom stereocenters. The molecule has 0 radical (unpaired) electrons. The molecule has 19 heavy (non-hydrogen) atoms. The highest BCUT2D eigenvalue weighted by Gasteiger charge is 2.19. The van der Waals surface area contributed by atoms with Crippen LogP contribution in [0.1, 0.15) is 31.7 Å². The Morgan fingerprint density at radius 2 is 2.11 bits per heavy atom. The second kappa shape index (κ2) is 6.02. The van der Waals surface area contributed by atoms with E-state index in [-0.39, 0.29) is 10.6 Å². The summed E-state index contributed by atoms with van der Waals surface area (Å²) >= 11 is 0. The minimum Gasteiger partial charge on any atom is -0.398 e. The Balaban J connectivity index is 2.03. The highest BCUT2D eigenvalue weighted by atomic mass is 16.6. The number of hydrogen-bond acceptors (Lipinski definition) is 4. The number of nitrogens with zero attached hydrogens (tertiary/aromatic N) is 2. The van der Waals surface area contributed by atoms with Gasteiger partial charge in [-0.3, -0.25) is 15.0 Å². The number of nitro groups is 1. The fourth-order valence-corrected chi connectivity index (χ4v) is 2.64. The van der Waals surface area contributed by atoms with E-state index in [0.29, 0.717) is 12.2 Å². The molecule has 1 heterocycles. The van der Waals surface area contributed by atoms with Gasteiger partial charge in [0.1, 0.15) is 0 Å². The SMILES string of the molecule is CCC1CCN(Cc2cc([N+](=O)[O-])ccc2N)CC1. The van der Waals surface area contributed by atoms with E-state index in [2.05, 4.69) is 11.8 Å². The number of benzene rings is 1. The first-order valence-corrected chi connectivity index (χ1v) is 6.85. The summed E-state index contributed by atoms with van der Waals surface area (Å²) in [7, 11) is 0. The topological polar surface area (TPSA) is 72.4 Å². The van der Waals surface area contributed by atoms with Gasteiger partial charge in [0, 0.05) is 24.4 Å². The van der Waals surface area contributed by atoms with Crippen LogP contribution in [-0.4, -0.2) is 22.9 Å². The van der Waals surface area contributed by atoms with Crippen molar-refractivity contribution < 1.29 is 4.92 Å². The van der Waals surface area contributed by atoms with Crippen molar-refractivity contribution in [3.8, 4) is 0 Å². The summed E-state index contributed by atoms with van der Waals surface area (Å²) in [4.78, 5) is 12.8. The van der Waals surface area contributed by atoms with Crippen molar-refractivity contribution >= 4 is 11.4 Å². The minimum atomic E-state index is -0.369. The van der Waals surface area contributed by atoms with Crippen molar-refractivity contribution in [3.63, 3.8) is 0 Å². The predicted octanol–water partition coefficient (Wildman–Crippen LogP) is 2.80. The second-order valence-corrected chi connectivity index (χ2v) is 5.27. The Hall–Kier alpha value is -1.62. The number of piperidine rings is 1. The molecule has 1 aliphatic rings. The number of anilines is 1. The smallest absolute Gasteiger partial charge is 0.269 e. The maximum absolute atomic E-state index is 10.8. The molecule has 1 aromatic carbocycles. The van der Waals surface area contributed by atoms with Crippen LogP contribution in [0.15, 0.2) is 18.2 Å². The molecule has 0 spiro atoms. The molecule has 0 amide bonds. The third-order valence-corrected chi connectivity index (χ3v) is 4.02. The summed E-state index contributed by atoms with van der Waals surface area (Å²) in [5.41, 5.74) is 7.54. The number of nitrogen functional groups attached to an aromatic ring is 1. The Morgan fingerprint density at radius 3 is 2.68 bits per heavy atom. The highest BCUT2D eigenvalue weighted by Crippen LogP contribution is 2.25. The van der Waals surface area contributed by atoms with Gasteiger partial charge in [-0.15, -0.1) is 0 Å². The van der Waals surface area contributed by atoms with Crippen LogP contribution in [0.25, 0.3) is 0 Å². The number of nitro benzene ring substituents is 1. The molecular weight excluding hydrogens is 242 g/mol. The van der Waals surface area contributed by atoms with Gasteiger partial charge < -0.3 is 5.73 Å². The van der Waals surface area contributed by atoms with Crippen molar-refractivity contribution in [2.75, 3.05) is 18.8 Å². The summed E-state index contributed by atoms with van der Waals surface area (Å²) in [5, 5.41) is 10.8. The van der Waals surface area contributed by atoms with Gasteiger partial charge in [0.2, 0.25) is 0 Å². The zero-order chi connectivity index (χ0) is 13.8. The van der Waals surface area contributed by atoms with Crippen molar-refractivity contribution in [2.24, 2.45) is 5.92 Å². The molecule has 1 saturated heterocycles. The molecule has 0 unspecified atom stereocenters. The van der Waals surface area contributed by atoms with Gasteiger partial charge in [-0.1, -0.05) is 13.3 Å². The molecule has 0 aromatic heterocycles. The van der Waals surface area contributed by atoms with Gasteiger partial charge in [-0.25, -0.2) is 0 Å². The second-order valence-electron chi connectivity index (χ2n) is 5.27. The first-order chi connectivity index (χ1) is 9.10. The number of non-ortho nitro benzene ring substituents is 1. The molecule has 1 aliphatic heterocycles. The van der Waals surface area contributed by atoms with Crippen LogP contribution >= 0.6 is 0 Å². The van der Waals surface area contributed by atoms with E-state index in [1.165, 1.54) is 25.3 Å². The standard InChI is InChI=1S/C14H21N3O2/c1-2-11-5-7-16(8-6-11)10-12-9-13(17(18)19)3-4-14(12)15/h3-4,9,11H,2,5-8,10,15H2,1H3. The zero-order valence-electron chi connectivity index (χ0n) is 11.3. The van der Waals surface area contributed by atoms with Gasteiger partial charge in [0.25, 0.3) is 5.69 Å². The summed E-state index contributed by atoms with van der Waals surface area (Å²) < 4.78 is 0. The lowest BCUT2D eigenvalue weighted by Crippen LogP contribution is -2.33. The summed E-state index contributed by atoms with van der Waals surface area (Å²) in [6.07, 6.45) is 3.67. The Morgan fingerprint density at radius 1 is 1.42 bits per heavy atom. The number of nitrogens with two attached hydrogens (primary N) is 1. The molecule has 2 N–H and O–H groups in total. The summed E-state index contributed by atoms with van der Waals surface area (Å²) in [6.45, 7) is 5.06. The molecule has 5 nitrogen and oxygen atoms in total. The summed E-state index contributed by atoms with van der Waals surface area (Å²) in [6, 6.07) is 4.69. The zero-order valence-corrected chi connectivity index (χ0v) is 11.3. The van der Waals surface area contributed by atoms with E-state index in [1.54, 1.807) is 12.1 Å². The Bertz CT molecular complexity index is 454. The average molecular weight is 263 g/mol. The van der Waals surface area contributed by atoms with Crippen LogP contribution in [0.2, 0.25) is 0 Å². The largest absolute Gasteiger partial charge is 0.398 e. The van der Waals surface area contributed by atoms with Crippen molar-refractivity contribution in [3.05, 3.63) is 33.9 Å². The van der Waals surface area contributed by atoms with Gasteiger partial charge in [0.15, 0.2) is 0 Å². The van der Waals surface area contributed by atoms with Gasteiger partial charge in [-0.05, 0) is 43.5 Å². The molecule has 104 valence electrons. The van der Waals surface area contributed by atoms with E-state index in [1.807, 2.05) is 0 Å². The maximum Gasteiger partial charge on any atom is 0.269 e. The molecule has 0 bridgehead atoms. The molecular formula is C14H21N3O2. The normalized spacial score (nSPS) is 17.5. The number of rotatable bonds is 4. The van der Waals surface area contributed by atoms with Crippen LogP contribution in [-0.2, 0) is 6.54 Å². The molecule has 0 saturated carbocycles. The lowest BCUT2D eigenvalue weighted by atomic mass is 9.94. The molecule has 0 aliphatic carbocycles. The average Bonchev–Trinajstić information content (AvgIpc) is 2.42. The molecule has 1 fully saturated rings. The third-order valence-electron chi connectivity index (χ3n) is 4.02. The highest BCUT2D eigenvalue weighted by molar-refractivity contribution is 5.52. The fourth-order valence-electron chi connectivity index (χ4n) is 2.64. The Kier molecular flexibility index (Phi) is 4.37. The fraction of sp³-hybridized carbons (Fsp3) is 0.571. The van der Waals surface area contributed by atoms with Crippen LogP contribution < -0.4 is 5.73 Å². The van der Waals surface area contributed by atoms with E-state index in [4.69, 9.17) is 5.73 Å². The van der Waals surface area contributed by atoms with E-state index < -0.39 is 0 Å². The van der Waals surface area contributed by atoms with Gasteiger partial charge in [-0.2, -0.15) is 0 Å². The quantitative estimate of drug-likeness (QED) is 0.515. The van der Waals surface area contributed by atoms with Crippen LogP contribution in [0.3, 0.4) is 0 Å². The molecule has 5 heteroatoms. The van der Waals surface area contributed by atoms with E-state index in [0.717, 1.165) is 24.6 Å². The Labute approximate surface area is 113 Å². The van der Waals surface area contributed by atoms with Gasteiger partial charge >= 0.3 is 0 Å². The van der Waals surface area contributed by atoms with Gasteiger partial charge in [0.05, 0.1) is 4.92 Å². The third kappa shape index (κ3) is 3.44. The minimum absolute atomic E-state index is 0.118. The monoisotopic (exact) mass is 263 g/mol. The lowest BCUT2D eigenvalue weighted by Gasteiger charge is -2.31. The lowest BCUT2D eigenvalue weighted by molar-refractivity contribution is -0.384. The first kappa shape index (κ1) is 13.8. The van der Waals surface area contributed by atoms with Crippen molar-refractivity contribution in [1.82, 2.24) is 4.90 Å². The maximum atomic E-state index is 10.8. The van der Waals surface area contributed by atoms with Crippen LogP contribution in [0, 0.1) is 16.0 Å². The first-order valence-electron chi connectivity index (χ1n) is 6.85. The van der Waals surface area contributed by atoms with E-state index >= 15 is 0 Å². The van der Waals surface area contributed by atoms with Crippen LogP contribution in [0.5, 0.6) is 0 Å². The number of likely N-dealkylation sites (tertiary alicyclic amines) is 1. The molecule has 1 aromatic rings.